The molecule has 1 aliphatic heterocycles. The van der Waals surface area contributed by atoms with Crippen LogP contribution in [0.3, 0.4) is 0 Å². The maximum atomic E-state index is 11.7. The number of carbonyl (C=O) groups excluding carboxylic acids is 2. The third-order valence-electron chi connectivity index (χ3n) is 3.20. The third-order valence-corrected chi connectivity index (χ3v) is 3.20. The first-order valence-electron chi connectivity index (χ1n) is 6.46. The second-order valence-corrected chi connectivity index (χ2v) is 4.86. The molecule has 1 aromatic carbocycles. The van der Waals surface area contributed by atoms with Gasteiger partial charge < -0.3 is 15.5 Å². The highest BCUT2D eigenvalue weighted by Crippen LogP contribution is 2.05. The second-order valence-electron chi connectivity index (χ2n) is 4.86. The molecular weight excluding hydrogens is 242 g/mol. The van der Waals surface area contributed by atoms with E-state index in [1.54, 1.807) is 24.3 Å². The fourth-order valence-corrected chi connectivity index (χ4v) is 2.18. The van der Waals surface area contributed by atoms with E-state index in [-0.39, 0.29) is 24.4 Å². The van der Waals surface area contributed by atoms with Crippen molar-refractivity contribution in [3.63, 3.8) is 0 Å². The maximum Gasteiger partial charge on any atom is 0.251 e. The predicted molar refractivity (Wildman–Crippen MR) is 72.8 cm³/mol. The lowest BCUT2D eigenvalue weighted by Crippen LogP contribution is -2.42. The van der Waals surface area contributed by atoms with Crippen molar-refractivity contribution < 1.29 is 9.59 Å². The molecule has 2 amide bonds. The Hall–Kier alpha value is -1.88. The molecule has 0 aromatic heterocycles. The lowest BCUT2D eigenvalue weighted by molar-refractivity contribution is -0.120. The van der Waals surface area contributed by atoms with Gasteiger partial charge in [0.05, 0.1) is 6.54 Å². The van der Waals surface area contributed by atoms with Crippen molar-refractivity contribution in [3.05, 3.63) is 35.9 Å². The molecule has 5 heteroatoms. The summed E-state index contributed by atoms with van der Waals surface area (Å²) in [4.78, 5) is 25.6. The highest BCUT2D eigenvalue weighted by molar-refractivity contribution is 5.96. The fraction of sp³-hybridized carbons (Fsp3) is 0.429. The van der Waals surface area contributed by atoms with Crippen LogP contribution in [0, 0.1) is 0 Å². The monoisotopic (exact) mass is 261 g/mol. The van der Waals surface area contributed by atoms with Gasteiger partial charge in [-0.3, -0.25) is 9.59 Å². The molecule has 1 fully saturated rings. The Balaban J connectivity index is 1.73. The Morgan fingerprint density at radius 2 is 2.05 bits per heavy atom. The third kappa shape index (κ3) is 4.06. The van der Waals surface area contributed by atoms with E-state index in [9.17, 15) is 9.59 Å². The molecule has 2 N–H and O–H groups in total. The van der Waals surface area contributed by atoms with E-state index in [1.165, 1.54) is 0 Å². The van der Waals surface area contributed by atoms with Crippen molar-refractivity contribution in [3.8, 4) is 0 Å². The number of nitrogens with zero attached hydrogens (tertiary/aromatic N) is 1. The minimum absolute atomic E-state index is 0.0218. The summed E-state index contributed by atoms with van der Waals surface area (Å²) in [5.74, 6) is -0.358. The summed E-state index contributed by atoms with van der Waals surface area (Å²) in [6.45, 7) is 1.90. The van der Waals surface area contributed by atoms with Gasteiger partial charge in [-0.15, -0.1) is 0 Å². The van der Waals surface area contributed by atoms with Crippen LogP contribution in [-0.4, -0.2) is 49.4 Å². The molecule has 1 unspecified atom stereocenters. The number of benzene rings is 1. The molecule has 0 spiro atoms. The number of likely N-dealkylation sites (tertiary alicyclic amines) is 1. The van der Waals surface area contributed by atoms with E-state index in [0.29, 0.717) is 5.56 Å². The normalized spacial score (nSPS) is 19.1. The molecule has 102 valence electrons. The van der Waals surface area contributed by atoms with E-state index in [1.807, 2.05) is 13.1 Å². The number of nitrogens with one attached hydrogen (secondary N) is 2. The van der Waals surface area contributed by atoms with Gasteiger partial charge in [-0.2, -0.15) is 0 Å². The van der Waals surface area contributed by atoms with Crippen molar-refractivity contribution in [2.24, 2.45) is 0 Å². The smallest absolute Gasteiger partial charge is 0.251 e. The second kappa shape index (κ2) is 6.33. The molecule has 1 aromatic rings. The van der Waals surface area contributed by atoms with E-state index in [2.05, 4.69) is 15.5 Å². The van der Waals surface area contributed by atoms with E-state index >= 15 is 0 Å². The molecule has 2 rings (SSSR count). The van der Waals surface area contributed by atoms with Crippen LogP contribution >= 0.6 is 0 Å². The lowest BCUT2D eigenvalue weighted by Gasteiger charge is -2.13. The highest BCUT2D eigenvalue weighted by atomic mass is 16.2. The minimum Gasteiger partial charge on any atom is -0.350 e. The molecule has 0 saturated carbocycles. The van der Waals surface area contributed by atoms with Crippen molar-refractivity contribution in [2.75, 3.05) is 26.7 Å². The predicted octanol–water partition coefficient (Wildman–Crippen LogP) is 0.237. The SMILES string of the molecule is CN1CCC(NC(=O)CNC(=O)c2ccccc2)C1. The van der Waals surface area contributed by atoms with Crippen LogP contribution in [0.1, 0.15) is 16.8 Å². The van der Waals surface area contributed by atoms with Crippen molar-refractivity contribution in [2.45, 2.75) is 12.5 Å². The number of carbonyl (C=O) groups is 2. The first-order valence-corrected chi connectivity index (χ1v) is 6.46. The average molecular weight is 261 g/mol. The summed E-state index contributed by atoms with van der Waals surface area (Å²) in [5, 5.41) is 5.54. The molecule has 1 saturated heterocycles. The molecule has 5 nitrogen and oxygen atoms in total. The van der Waals surface area contributed by atoms with Gasteiger partial charge in [0.1, 0.15) is 0 Å². The van der Waals surface area contributed by atoms with Gasteiger partial charge in [-0.25, -0.2) is 0 Å². The van der Waals surface area contributed by atoms with Crippen LogP contribution in [0.25, 0.3) is 0 Å². The number of likely N-dealkylation sites (N-methyl/N-ethyl adjacent to an activating group) is 1. The Bertz CT molecular complexity index is 447. The average Bonchev–Trinajstić information content (AvgIpc) is 2.82. The van der Waals surface area contributed by atoms with Crippen LogP contribution in [0.5, 0.6) is 0 Å². The highest BCUT2D eigenvalue weighted by Gasteiger charge is 2.20. The summed E-state index contributed by atoms with van der Waals surface area (Å²) in [5.41, 5.74) is 0.566. The minimum atomic E-state index is -0.223. The number of rotatable bonds is 4. The van der Waals surface area contributed by atoms with Gasteiger partial charge in [0.15, 0.2) is 0 Å². The van der Waals surface area contributed by atoms with E-state index < -0.39 is 0 Å². The van der Waals surface area contributed by atoms with Gasteiger partial charge in [0, 0.05) is 18.2 Å². The summed E-state index contributed by atoms with van der Waals surface area (Å²) < 4.78 is 0. The van der Waals surface area contributed by atoms with Crippen molar-refractivity contribution in [1.82, 2.24) is 15.5 Å². The number of hydrogen-bond donors (Lipinski definition) is 2. The van der Waals surface area contributed by atoms with E-state index in [0.717, 1.165) is 19.5 Å². The Kier molecular flexibility index (Phi) is 4.52. The van der Waals surface area contributed by atoms with Crippen molar-refractivity contribution in [1.29, 1.82) is 0 Å². The quantitative estimate of drug-likeness (QED) is 0.816. The van der Waals surface area contributed by atoms with Crippen LogP contribution in [0.2, 0.25) is 0 Å². The zero-order chi connectivity index (χ0) is 13.7. The molecule has 0 bridgehead atoms. The molecule has 1 heterocycles. The van der Waals surface area contributed by atoms with Gasteiger partial charge in [-0.1, -0.05) is 18.2 Å². The van der Waals surface area contributed by atoms with Crippen LogP contribution < -0.4 is 10.6 Å². The van der Waals surface area contributed by atoms with Gasteiger partial charge >= 0.3 is 0 Å². The van der Waals surface area contributed by atoms with Gasteiger partial charge in [0.25, 0.3) is 5.91 Å². The van der Waals surface area contributed by atoms with Crippen LogP contribution in [0.15, 0.2) is 30.3 Å². The molecule has 1 atom stereocenters. The Labute approximate surface area is 113 Å². The van der Waals surface area contributed by atoms with Crippen LogP contribution in [0.4, 0.5) is 0 Å². The van der Waals surface area contributed by atoms with Gasteiger partial charge in [-0.05, 0) is 32.1 Å². The van der Waals surface area contributed by atoms with Crippen molar-refractivity contribution >= 4 is 11.8 Å². The molecule has 19 heavy (non-hydrogen) atoms. The Morgan fingerprint density at radius 1 is 1.32 bits per heavy atom. The van der Waals surface area contributed by atoms with Gasteiger partial charge in [0.2, 0.25) is 5.91 Å². The summed E-state index contributed by atoms with van der Waals surface area (Å²) in [6, 6.07) is 9.08. The lowest BCUT2D eigenvalue weighted by atomic mass is 10.2. The summed E-state index contributed by atoms with van der Waals surface area (Å²) in [6.07, 6.45) is 0.967. The maximum absolute atomic E-state index is 11.7. The molecule has 0 radical (unpaired) electrons. The number of amides is 2. The van der Waals surface area contributed by atoms with Crippen LogP contribution in [-0.2, 0) is 4.79 Å². The first kappa shape index (κ1) is 13.5. The summed E-state index contributed by atoms with van der Waals surface area (Å²) >= 11 is 0. The molecule has 0 aliphatic carbocycles. The standard InChI is InChI=1S/C14H19N3O2/c1-17-8-7-12(10-17)16-13(18)9-15-14(19)11-5-3-2-4-6-11/h2-6,12H,7-10H2,1H3,(H,15,19)(H,16,18). The summed E-state index contributed by atoms with van der Waals surface area (Å²) in [7, 11) is 2.03. The molecular formula is C14H19N3O2. The van der Waals surface area contributed by atoms with E-state index in [4.69, 9.17) is 0 Å². The largest absolute Gasteiger partial charge is 0.350 e. The molecule has 1 aliphatic rings. The zero-order valence-electron chi connectivity index (χ0n) is 11.1. The topological polar surface area (TPSA) is 61.4 Å². The number of hydrogen-bond acceptors (Lipinski definition) is 3. The fourth-order valence-electron chi connectivity index (χ4n) is 2.18. The first-order chi connectivity index (χ1) is 9.15. The zero-order valence-corrected chi connectivity index (χ0v) is 11.1. The Morgan fingerprint density at radius 3 is 2.68 bits per heavy atom.